The second-order valence-electron chi connectivity index (χ2n) is 5.71. The summed E-state index contributed by atoms with van der Waals surface area (Å²) in [4.78, 5) is 33.5. The lowest BCUT2D eigenvalue weighted by molar-refractivity contribution is -0.137. The molecule has 26 heavy (non-hydrogen) atoms. The number of oxime groups is 1. The average molecular weight is 375 g/mol. The summed E-state index contributed by atoms with van der Waals surface area (Å²) in [5.41, 5.74) is 0.554. The molecule has 1 aliphatic heterocycles. The van der Waals surface area contributed by atoms with Gasteiger partial charge >= 0.3 is 0 Å². The summed E-state index contributed by atoms with van der Waals surface area (Å²) < 4.78 is 13.0. The van der Waals surface area contributed by atoms with Gasteiger partial charge in [0, 0.05) is 26.2 Å². The number of carbonyl (C=O) groups is 2. The van der Waals surface area contributed by atoms with Gasteiger partial charge < -0.3 is 14.6 Å². The number of amides is 2. The van der Waals surface area contributed by atoms with E-state index in [9.17, 15) is 14.0 Å². The minimum atomic E-state index is -0.361. The zero-order valence-corrected chi connectivity index (χ0v) is 14.8. The Morgan fingerprint density at radius 3 is 2.62 bits per heavy atom. The van der Waals surface area contributed by atoms with Crippen LogP contribution in [0.25, 0.3) is 0 Å². The van der Waals surface area contributed by atoms with Gasteiger partial charge in [0.15, 0.2) is 6.61 Å². The number of halogens is 1. The highest BCUT2D eigenvalue weighted by Gasteiger charge is 2.25. The van der Waals surface area contributed by atoms with Crippen molar-refractivity contribution in [2.24, 2.45) is 5.16 Å². The Labute approximate surface area is 154 Å². The van der Waals surface area contributed by atoms with Crippen LogP contribution in [0.5, 0.6) is 0 Å². The van der Waals surface area contributed by atoms with E-state index in [1.165, 1.54) is 29.7 Å². The summed E-state index contributed by atoms with van der Waals surface area (Å²) >= 11 is 1.41. The summed E-state index contributed by atoms with van der Waals surface area (Å²) in [7, 11) is 0. The number of rotatable bonds is 5. The van der Waals surface area contributed by atoms with Crippen molar-refractivity contribution in [3.05, 3.63) is 58.0 Å². The van der Waals surface area contributed by atoms with E-state index in [1.54, 1.807) is 28.0 Å². The lowest BCUT2D eigenvalue weighted by Crippen LogP contribution is -2.51. The van der Waals surface area contributed by atoms with Gasteiger partial charge in [0.25, 0.3) is 11.8 Å². The molecule has 0 unspecified atom stereocenters. The number of thiophene rings is 1. The van der Waals surface area contributed by atoms with E-state index in [1.807, 2.05) is 11.4 Å². The van der Waals surface area contributed by atoms with E-state index < -0.39 is 0 Å². The molecule has 0 spiro atoms. The van der Waals surface area contributed by atoms with Gasteiger partial charge in [-0.15, -0.1) is 11.3 Å². The molecule has 8 heteroatoms. The summed E-state index contributed by atoms with van der Waals surface area (Å²) in [6.45, 7) is 1.73. The first kappa shape index (κ1) is 18.1. The maximum absolute atomic E-state index is 13.0. The molecule has 1 saturated heterocycles. The van der Waals surface area contributed by atoms with E-state index in [0.29, 0.717) is 36.6 Å². The largest absolute Gasteiger partial charge is 0.386 e. The maximum atomic E-state index is 13.0. The normalized spacial score (nSPS) is 14.7. The Bertz CT molecular complexity index is 787. The van der Waals surface area contributed by atoms with Gasteiger partial charge in [-0.05, 0) is 29.1 Å². The first-order valence-electron chi connectivity index (χ1n) is 8.15. The molecule has 1 aliphatic rings. The Morgan fingerprint density at radius 2 is 1.92 bits per heavy atom. The topological polar surface area (TPSA) is 62.2 Å². The molecule has 2 aromatic rings. The fourth-order valence-corrected chi connectivity index (χ4v) is 3.27. The summed E-state index contributed by atoms with van der Waals surface area (Å²) in [5, 5.41) is 5.56. The van der Waals surface area contributed by atoms with Crippen LogP contribution in [0, 0.1) is 5.82 Å². The number of nitrogens with zero attached hydrogens (tertiary/aromatic N) is 3. The van der Waals surface area contributed by atoms with Crippen LogP contribution >= 0.6 is 11.3 Å². The van der Waals surface area contributed by atoms with E-state index in [2.05, 4.69) is 5.16 Å². The van der Waals surface area contributed by atoms with Gasteiger partial charge in [-0.3, -0.25) is 9.59 Å². The number of piperazine rings is 1. The lowest BCUT2D eigenvalue weighted by atomic mass is 10.2. The van der Waals surface area contributed by atoms with Crippen LogP contribution in [0.4, 0.5) is 4.39 Å². The minimum absolute atomic E-state index is 0.00282. The van der Waals surface area contributed by atoms with Gasteiger partial charge in [0.1, 0.15) is 5.82 Å². The third kappa shape index (κ3) is 4.66. The van der Waals surface area contributed by atoms with Gasteiger partial charge in [0.2, 0.25) is 0 Å². The zero-order valence-electron chi connectivity index (χ0n) is 14.0. The van der Waals surface area contributed by atoms with Crippen LogP contribution < -0.4 is 0 Å². The van der Waals surface area contributed by atoms with Crippen LogP contribution in [0.15, 0.2) is 46.9 Å². The SMILES string of the molecule is O=C(CO/N=C\c1cccc(F)c1)N1CCN(C(=O)c2cccs2)CC1. The van der Waals surface area contributed by atoms with Crippen molar-refractivity contribution in [3.8, 4) is 0 Å². The summed E-state index contributed by atoms with van der Waals surface area (Å²) in [5.74, 6) is -0.548. The molecule has 6 nitrogen and oxygen atoms in total. The standard InChI is InChI=1S/C18H18FN3O3S/c19-15-4-1-3-14(11-15)12-20-25-13-17(23)21-6-8-22(9-7-21)18(24)16-5-2-10-26-16/h1-5,10-12H,6-9,13H2/b20-12-. The van der Waals surface area contributed by atoms with Crippen LogP contribution in [0.3, 0.4) is 0 Å². The van der Waals surface area contributed by atoms with Crippen molar-refractivity contribution < 1.29 is 18.8 Å². The summed E-state index contributed by atoms with van der Waals surface area (Å²) in [6, 6.07) is 9.55. The Hall–Kier alpha value is -2.74. The average Bonchev–Trinajstić information content (AvgIpc) is 3.19. The van der Waals surface area contributed by atoms with Gasteiger partial charge in [-0.1, -0.05) is 23.4 Å². The molecule has 0 aliphatic carbocycles. The fourth-order valence-electron chi connectivity index (χ4n) is 2.58. The van der Waals surface area contributed by atoms with Crippen LogP contribution in [0.2, 0.25) is 0 Å². The number of hydrogen-bond donors (Lipinski definition) is 0. The lowest BCUT2D eigenvalue weighted by Gasteiger charge is -2.34. The van der Waals surface area contributed by atoms with E-state index in [0.717, 1.165) is 0 Å². The predicted molar refractivity (Wildman–Crippen MR) is 96.7 cm³/mol. The van der Waals surface area contributed by atoms with Crippen molar-refractivity contribution >= 4 is 29.4 Å². The monoisotopic (exact) mass is 375 g/mol. The molecule has 0 atom stereocenters. The molecule has 0 bridgehead atoms. The van der Waals surface area contributed by atoms with Crippen molar-refractivity contribution in [1.82, 2.24) is 9.80 Å². The number of benzene rings is 1. The molecule has 0 radical (unpaired) electrons. The molecule has 2 heterocycles. The highest BCUT2D eigenvalue weighted by molar-refractivity contribution is 7.12. The second kappa shape index (κ2) is 8.57. The van der Waals surface area contributed by atoms with Crippen molar-refractivity contribution in [2.45, 2.75) is 0 Å². The van der Waals surface area contributed by atoms with Gasteiger partial charge in [-0.25, -0.2) is 4.39 Å². The van der Waals surface area contributed by atoms with E-state index in [4.69, 9.17) is 4.84 Å². The third-order valence-electron chi connectivity index (χ3n) is 3.96. The first-order chi connectivity index (χ1) is 12.6. The molecule has 0 N–H and O–H groups in total. The van der Waals surface area contributed by atoms with Crippen LogP contribution in [0.1, 0.15) is 15.2 Å². The van der Waals surface area contributed by atoms with Crippen molar-refractivity contribution in [1.29, 1.82) is 0 Å². The molecule has 0 saturated carbocycles. The molecule has 1 aromatic carbocycles. The van der Waals surface area contributed by atoms with Crippen LogP contribution in [-0.4, -0.2) is 60.6 Å². The Morgan fingerprint density at radius 1 is 1.15 bits per heavy atom. The minimum Gasteiger partial charge on any atom is -0.386 e. The number of carbonyl (C=O) groups excluding carboxylic acids is 2. The first-order valence-corrected chi connectivity index (χ1v) is 9.03. The van der Waals surface area contributed by atoms with Crippen molar-refractivity contribution in [2.75, 3.05) is 32.8 Å². The molecule has 136 valence electrons. The van der Waals surface area contributed by atoms with Crippen LogP contribution in [-0.2, 0) is 9.63 Å². The summed E-state index contributed by atoms with van der Waals surface area (Å²) in [6.07, 6.45) is 1.36. The highest BCUT2D eigenvalue weighted by atomic mass is 32.1. The molecule has 1 fully saturated rings. The fraction of sp³-hybridized carbons (Fsp3) is 0.278. The molecular weight excluding hydrogens is 357 g/mol. The zero-order chi connectivity index (χ0) is 18.4. The number of hydrogen-bond acceptors (Lipinski definition) is 5. The smallest absolute Gasteiger partial charge is 0.264 e. The van der Waals surface area contributed by atoms with E-state index >= 15 is 0 Å². The Balaban J connectivity index is 1.41. The second-order valence-corrected chi connectivity index (χ2v) is 6.66. The predicted octanol–water partition coefficient (Wildman–Crippen LogP) is 2.22. The van der Waals surface area contributed by atoms with Gasteiger partial charge in [-0.2, -0.15) is 0 Å². The molecule has 2 amide bonds. The third-order valence-corrected chi connectivity index (χ3v) is 4.82. The van der Waals surface area contributed by atoms with Crippen molar-refractivity contribution in [3.63, 3.8) is 0 Å². The Kier molecular flexibility index (Phi) is 5.96. The van der Waals surface area contributed by atoms with E-state index in [-0.39, 0.29) is 24.2 Å². The molecular formula is C18H18FN3O3S. The molecule has 1 aromatic heterocycles. The maximum Gasteiger partial charge on any atom is 0.264 e. The molecule has 3 rings (SSSR count). The van der Waals surface area contributed by atoms with Gasteiger partial charge in [0.05, 0.1) is 11.1 Å². The highest BCUT2D eigenvalue weighted by Crippen LogP contribution is 2.14. The quantitative estimate of drug-likeness (QED) is 0.595.